The Kier molecular flexibility index (Phi) is 3.69. The number of piperazine rings is 1. The fraction of sp³-hybridized carbons (Fsp3) is 0.385. The smallest absolute Gasteiger partial charge is 0.328 e. The molecule has 0 aromatic heterocycles. The average Bonchev–Trinajstić information content (AvgIpc) is 2.38. The van der Waals surface area contributed by atoms with Crippen molar-refractivity contribution in [3.63, 3.8) is 0 Å². The second-order valence-electron chi connectivity index (χ2n) is 4.49. The minimum absolute atomic E-state index is 0.209. The van der Waals surface area contributed by atoms with Crippen molar-refractivity contribution in [1.29, 1.82) is 0 Å². The van der Waals surface area contributed by atoms with Gasteiger partial charge in [0.05, 0.1) is 0 Å². The van der Waals surface area contributed by atoms with E-state index in [1.165, 1.54) is 24.0 Å². The summed E-state index contributed by atoms with van der Waals surface area (Å²) in [5.41, 5.74) is 0.760. The van der Waals surface area contributed by atoms with Gasteiger partial charge in [0, 0.05) is 32.2 Å². The van der Waals surface area contributed by atoms with Gasteiger partial charge in [0.25, 0.3) is 0 Å². The minimum atomic E-state index is -1.03. The first-order valence-corrected chi connectivity index (χ1v) is 5.99. The number of amides is 1. The summed E-state index contributed by atoms with van der Waals surface area (Å²) in [6.45, 7) is 2.46. The second kappa shape index (κ2) is 5.26. The second-order valence-corrected chi connectivity index (χ2v) is 4.49. The van der Waals surface area contributed by atoms with E-state index in [-0.39, 0.29) is 18.3 Å². The van der Waals surface area contributed by atoms with E-state index in [0.29, 0.717) is 13.1 Å². The van der Waals surface area contributed by atoms with Crippen LogP contribution in [0.25, 0.3) is 0 Å². The van der Waals surface area contributed by atoms with Crippen LogP contribution in [-0.2, 0) is 9.59 Å². The van der Waals surface area contributed by atoms with E-state index in [4.69, 9.17) is 0 Å². The maximum atomic E-state index is 12.9. The number of benzene rings is 1. The van der Waals surface area contributed by atoms with Crippen molar-refractivity contribution < 1.29 is 19.1 Å². The van der Waals surface area contributed by atoms with Crippen molar-refractivity contribution in [2.45, 2.75) is 13.0 Å². The molecule has 1 unspecified atom stereocenters. The quantitative estimate of drug-likeness (QED) is 0.865. The van der Waals surface area contributed by atoms with Crippen molar-refractivity contribution in [1.82, 2.24) is 4.90 Å². The predicted molar refractivity (Wildman–Crippen MR) is 67.4 cm³/mol. The van der Waals surface area contributed by atoms with Crippen molar-refractivity contribution in [2.24, 2.45) is 0 Å². The summed E-state index contributed by atoms with van der Waals surface area (Å²) >= 11 is 0. The Hall–Kier alpha value is -2.11. The number of nitrogens with zero attached hydrogens (tertiary/aromatic N) is 2. The third-order valence-electron chi connectivity index (χ3n) is 3.26. The summed E-state index contributed by atoms with van der Waals surface area (Å²) in [5, 5.41) is 9.19. The van der Waals surface area contributed by atoms with E-state index in [1.54, 1.807) is 12.1 Å². The fourth-order valence-corrected chi connectivity index (χ4v) is 2.26. The molecule has 6 heteroatoms. The van der Waals surface area contributed by atoms with Gasteiger partial charge >= 0.3 is 5.97 Å². The van der Waals surface area contributed by atoms with Gasteiger partial charge < -0.3 is 14.9 Å². The molecule has 19 heavy (non-hydrogen) atoms. The summed E-state index contributed by atoms with van der Waals surface area (Å²) in [6, 6.07) is 5.02. The Bertz CT molecular complexity index is 489. The molecule has 5 nitrogen and oxygen atoms in total. The molecule has 1 saturated heterocycles. The topological polar surface area (TPSA) is 60.9 Å². The molecule has 1 N–H and O–H groups in total. The van der Waals surface area contributed by atoms with Crippen LogP contribution < -0.4 is 4.90 Å². The van der Waals surface area contributed by atoms with Crippen LogP contribution in [0, 0.1) is 5.82 Å². The number of carbonyl (C=O) groups excluding carboxylic acids is 1. The van der Waals surface area contributed by atoms with Crippen LogP contribution in [0.5, 0.6) is 0 Å². The van der Waals surface area contributed by atoms with Crippen LogP contribution in [0.1, 0.15) is 6.92 Å². The molecule has 2 rings (SSSR count). The lowest BCUT2D eigenvalue weighted by Gasteiger charge is -2.40. The molecule has 1 aliphatic rings. The van der Waals surface area contributed by atoms with Crippen molar-refractivity contribution in [2.75, 3.05) is 24.5 Å². The molecule has 1 aromatic carbocycles. The molecule has 1 amide bonds. The van der Waals surface area contributed by atoms with Gasteiger partial charge in [0.2, 0.25) is 5.91 Å². The summed E-state index contributed by atoms with van der Waals surface area (Å²) < 4.78 is 12.9. The third-order valence-corrected chi connectivity index (χ3v) is 3.26. The van der Waals surface area contributed by atoms with Gasteiger partial charge in [-0.05, 0) is 24.3 Å². The maximum absolute atomic E-state index is 12.9. The molecular weight excluding hydrogens is 251 g/mol. The van der Waals surface area contributed by atoms with E-state index in [9.17, 15) is 19.1 Å². The lowest BCUT2D eigenvalue weighted by Crippen LogP contribution is -2.58. The third kappa shape index (κ3) is 2.83. The Balaban J connectivity index is 2.17. The van der Waals surface area contributed by atoms with E-state index >= 15 is 0 Å². The van der Waals surface area contributed by atoms with Crippen molar-refractivity contribution >= 4 is 17.6 Å². The molecule has 1 aromatic rings. The molecule has 1 aliphatic heterocycles. The summed E-state index contributed by atoms with van der Waals surface area (Å²) in [7, 11) is 0. The van der Waals surface area contributed by atoms with Gasteiger partial charge in [-0.2, -0.15) is 0 Å². The molecule has 0 bridgehead atoms. The van der Waals surface area contributed by atoms with Crippen molar-refractivity contribution in [3.05, 3.63) is 30.1 Å². The van der Waals surface area contributed by atoms with Gasteiger partial charge in [-0.3, -0.25) is 4.79 Å². The minimum Gasteiger partial charge on any atom is -0.480 e. The average molecular weight is 266 g/mol. The molecule has 0 aliphatic carbocycles. The molecule has 1 fully saturated rings. The van der Waals surface area contributed by atoms with Crippen LogP contribution in [0.15, 0.2) is 24.3 Å². The Morgan fingerprint density at radius 3 is 2.42 bits per heavy atom. The molecule has 1 heterocycles. The zero-order valence-corrected chi connectivity index (χ0v) is 10.5. The zero-order chi connectivity index (χ0) is 14.0. The zero-order valence-electron chi connectivity index (χ0n) is 10.5. The number of hydrogen-bond donors (Lipinski definition) is 1. The van der Waals surface area contributed by atoms with E-state index in [1.807, 2.05) is 4.90 Å². The first-order chi connectivity index (χ1) is 8.99. The van der Waals surface area contributed by atoms with Gasteiger partial charge in [-0.25, -0.2) is 9.18 Å². The molecular formula is C13H15FN2O3. The summed E-state index contributed by atoms with van der Waals surface area (Å²) in [6.07, 6.45) is 0. The number of rotatable bonds is 2. The molecule has 102 valence electrons. The van der Waals surface area contributed by atoms with Crippen LogP contribution in [0.4, 0.5) is 10.1 Å². The standard InChI is InChI=1S/C13H15FN2O3/c1-9(17)16-7-6-15(8-12(16)13(18)19)11-4-2-10(14)3-5-11/h2-5,12H,6-8H2,1H3,(H,18,19). The normalized spacial score (nSPS) is 19.4. The molecule has 0 spiro atoms. The summed E-state index contributed by atoms with van der Waals surface area (Å²) in [5.74, 6) is -1.60. The monoisotopic (exact) mass is 266 g/mol. The molecule has 0 radical (unpaired) electrons. The van der Waals surface area contributed by atoms with Gasteiger partial charge in [-0.1, -0.05) is 0 Å². The molecule has 0 saturated carbocycles. The van der Waals surface area contributed by atoms with Crippen LogP contribution >= 0.6 is 0 Å². The van der Waals surface area contributed by atoms with E-state index in [0.717, 1.165) is 5.69 Å². The Morgan fingerprint density at radius 1 is 1.26 bits per heavy atom. The highest BCUT2D eigenvalue weighted by atomic mass is 19.1. The Labute approximate surface area is 110 Å². The first-order valence-electron chi connectivity index (χ1n) is 5.99. The van der Waals surface area contributed by atoms with Gasteiger partial charge in [0.15, 0.2) is 0 Å². The Morgan fingerprint density at radius 2 is 1.89 bits per heavy atom. The highest BCUT2D eigenvalue weighted by Gasteiger charge is 2.33. The highest BCUT2D eigenvalue weighted by molar-refractivity contribution is 5.83. The number of carbonyl (C=O) groups is 2. The van der Waals surface area contributed by atoms with Gasteiger partial charge in [-0.15, -0.1) is 0 Å². The lowest BCUT2D eigenvalue weighted by molar-refractivity contribution is -0.149. The maximum Gasteiger partial charge on any atom is 0.328 e. The molecule has 1 atom stereocenters. The predicted octanol–water partition coefficient (Wildman–Crippen LogP) is 0.947. The highest BCUT2D eigenvalue weighted by Crippen LogP contribution is 2.20. The number of carboxylic acid groups (broad SMARTS) is 1. The van der Waals surface area contributed by atoms with E-state index in [2.05, 4.69) is 0 Å². The fourth-order valence-electron chi connectivity index (χ4n) is 2.26. The van der Waals surface area contributed by atoms with Crippen molar-refractivity contribution in [3.8, 4) is 0 Å². The number of carboxylic acids is 1. The van der Waals surface area contributed by atoms with Crippen LogP contribution in [-0.4, -0.2) is 47.6 Å². The number of aliphatic carboxylic acids is 1. The van der Waals surface area contributed by atoms with Gasteiger partial charge in [0.1, 0.15) is 11.9 Å². The largest absolute Gasteiger partial charge is 0.480 e. The SMILES string of the molecule is CC(=O)N1CCN(c2ccc(F)cc2)CC1C(=O)O. The van der Waals surface area contributed by atoms with Crippen LogP contribution in [0.2, 0.25) is 0 Å². The lowest BCUT2D eigenvalue weighted by atomic mass is 10.1. The number of anilines is 1. The summed E-state index contributed by atoms with van der Waals surface area (Å²) in [4.78, 5) is 25.8. The number of hydrogen-bond acceptors (Lipinski definition) is 3. The first kappa shape index (κ1) is 13.3. The van der Waals surface area contributed by atoms with Crippen LogP contribution in [0.3, 0.4) is 0 Å². The van der Waals surface area contributed by atoms with E-state index < -0.39 is 12.0 Å². The number of halogens is 1.